The topological polar surface area (TPSA) is 68.2 Å². The minimum absolute atomic E-state index is 0.00471. The van der Waals surface area contributed by atoms with E-state index in [-0.39, 0.29) is 47.3 Å². The van der Waals surface area contributed by atoms with Gasteiger partial charge in [-0.1, -0.05) is 0 Å². The molecule has 0 radical (unpaired) electrons. The maximum absolute atomic E-state index is 12.1. The van der Waals surface area contributed by atoms with Crippen molar-refractivity contribution in [3.63, 3.8) is 0 Å². The Morgan fingerprint density at radius 1 is 1.39 bits per heavy atom. The summed E-state index contributed by atoms with van der Waals surface area (Å²) in [6.07, 6.45) is 2.69. The zero-order chi connectivity index (χ0) is 19.4. The van der Waals surface area contributed by atoms with E-state index < -0.39 is 0 Å². The first-order valence-electron chi connectivity index (χ1n) is 10.2. The van der Waals surface area contributed by atoms with Crippen molar-refractivity contribution in [1.29, 1.82) is 0 Å². The van der Waals surface area contributed by atoms with Gasteiger partial charge in [0.2, 0.25) is 0 Å². The molecule has 1 saturated carbocycles. The monoisotopic (exact) mass is 380 g/mol. The van der Waals surface area contributed by atoms with Gasteiger partial charge in [-0.05, 0) is 49.4 Å². The third kappa shape index (κ3) is 1.68. The molecule has 1 spiro atoms. The Morgan fingerprint density at radius 3 is 2.93 bits per heavy atom. The Hall–Kier alpha value is -2.21. The van der Waals surface area contributed by atoms with E-state index in [1.165, 1.54) is 6.92 Å². The first-order chi connectivity index (χ1) is 13.5. The van der Waals surface area contributed by atoms with Gasteiger partial charge < -0.3 is 14.3 Å². The number of ether oxygens (including phenoxy) is 2. The molecule has 9 atom stereocenters. The molecule has 0 amide bonds. The second-order valence-electron chi connectivity index (χ2n) is 9.05. The summed E-state index contributed by atoms with van der Waals surface area (Å²) in [5.74, 6) is 0.965. The lowest BCUT2D eigenvalue weighted by atomic mass is 9.62. The van der Waals surface area contributed by atoms with E-state index in [1.807, 2.05) is 12.1 Å². The number of aliphatic imine (C=N–C) groups is 1. The lowest BCUT2D eigenvalue weighted by molar-refractivity contribution is -0.159. The lowest BCUT2D eigenvalue weighted by Crippen LogP contribution is -2.69. The molecule has 5 aliphatic heterocycles. The van der Waals surface area contributed by atoms with E-state index in [9.17, 15) is 9.59 Å². The predicted molar refractivity (Wildman–Crippen MR) is 102 cm³/mol. The van der Waals surface area contributed by atoms with Crippen LogP contribution in [0, 0.1) is 17.8 Å². The number of esters is 1. The van der Waals surface area contributed by atoms with Gasteiger partial charge in [0.1, 0.15) is 18.1 Å². The second kappa shape index (κ2) is 5.23. The fraction of sp³-hybridized carbons (Fsp3) is 0.591. The van der Waals surface area contributed by atoms with E-state index in [2.05, 4.69) is 17.9 Å². The molecule has 28 heavy (non-hydrogen) atoms. The molecule has 6 nitrogen and oxygen atoms in total. The smallest absolute Gasteiger partial charge is 0.302 e. The highest BCUT2D eigenvalue weighted by atomic mass is 16.5. The van der Waals surface area contributed by atoms with Crippen LogP contribution in [0.3, 0.4) is 0 Å². The summed E-state index contributed by atoms with van der Waals surface area (Å²) in [5, 5.41) is 0. The van der Waals surface area contributed by atoms with E-state index in [1.54, 1.807) is 7.11 Å². The van der Waals surface area contributed by atoms with Crippen LogP contribution < -0.4 is 4.74 Å². The Bertz CT molecular complexity index is 942. The molecule has 146 valence electrons. The number of benzene rings is 1. The van der Waals surface area contributed by atoms with Crippen molar-refractivity contribution < 1.29 is 19.1 Å². The molecule has 1 aromatic rings. The van der Waals surface area contributed by atoms with Crippen LogP contribution in [0.5, 0.6) is 5.75 Å². The minimum Gasteiger partial charge on any atom is -0.497 e. The average Bonchev–Trinajstić information content (AvgIpc) is 3.14. The van der Waals surface area contributed by atoms with Crippen LogP contribution in [-0.2, 0) is 19.7 Å². The minimum atomic E-state index is -0.377. The molecule has 6 aliphatic rings. The van der Waals surface area contributed by atoms with Crippen LogP contribution in [0.15, 0.2) is 23.2 Å². The number of carbonyl (C=O) groups excluding carboxylic acids is 2. The average molecular weight is 380 g/mol. The number of aldehydes is 1. The number of nitrogens with zero attached hydrogens (tertiary/aromatic N) is 2. The predicted octanol–water partition coefficient (Wildman–Crippen LogP) is 2.26. The van der Waals surface area contributed by atoms with Crippen LogP contribution in [0.4, 0.5) is 5.69 Å². The summed E-state index contributed by atoms with van der Waals surface area (Å²) >= 11 is 0. The number of methoxy groups -OCH3 is 1. The molecule has 5 heterocycles. The van der Waals surface area contributed by atoms with Gasteiger partial charge in [0.25, 0.3) is 0 Å². The highest BCUT2D eigenvalue weighted by Gasteiger charge is 2.75. The van der Waals surface area contributed by atoms with Gasteiger partial charge in [-0.3, -0.25) is 14.7 Å². The number of piperidine rings is 4. The van der Waals surface area contributed by atoms with Crippen LogP contribution in [0.2, 0.25) is 0 Å². The summed E-state index contributed by atoms with van der Waals surface area (Å²) in [6.45, 7) is 3.66. The molecule has 1 aromatic carbocycles. The van der Waals surface area contributed by atoms with Crippen molar-refractivity contribution in [2.75, 3.05) is 7.11 Å². The molecule has 5 bridgehead atoms. The molecule has 1 aliphatic carbocycles. The van der Waals surface area contributed by atoms with Gasteiger partial charge in [0, 0.05) is 30.8 Å². The number of carbonyl (C=O) groups is 2. The Balaban J connectivity index is 1.59. The van der Waals surface area contributed by atoms with Crippen molar-refractivity contribution in [3.8, 4) is 5.75 Å². The Labute approximate surface area is 163 Å². The zero-order valence-corrected chi connectivity index (χ0v) is 16.3. The maximum Gasteiger partial charge on any atom is 0.302 e. The molecule has 9 unspecified atom stereocenters. The van der Waals surface area contributed by atoms with Gasteiger partial charge >= 0.3 is 5.97 Å². The van der Waals surface area contributed by atoms with Crippen LogP contribution in [0.1, 0.15) is 32.3 Å². The molecule has 4 saturated heterocycles. The van der Waals surface area contributed by atoms with Gasteiger partial charge in [0.05, 0.1) is 30.0 Å². The van der Waals surface area contributed by atoms with Gasteiger partial charge in [-0.15, -0.1) is 0 Å². The molecular formula is C22H24N2O4. The second-order valence-corrected chi connectivity index (χ2v) is 9.05. The van der Waals surface area contributed by atoms with Crippen molar-refractivity contribution in [1.82, 2.24) is 4.90 Å². The lowest BCUT2D eigenvalue weighted by Gasteiger charge is -2.60. The zero-order valence-electron chi connectivity index (χ0n) is 16.3. The molecular weight excluding hydrogens is 356 g/mol. The van der Waals surface area contributed by atoms with E-state index in [0.717, 1.165) is 41.8 Å². The third-order valence-electron chi connectivity index (χ3n) is 8.21. The standard InChI is InChI=1S/C22H24N2O4/c1-10-14(9-25)13-7-17-20-22(15-6-12(27-3)4-5-16(15)23-20)8-18(24(10)17)19(13)21(22)28-11(2)26/h4-6,9-10,13-14,17-19,21H,7-8H2,1-3H3. The maximum atomic E-state index is 12.1. The number of rotatable bonds is 3. The van der Waals surface area contributed by atoms with Crippen LogP contribution in [-0.4, -0.2) is 54.2 Å². The Kier molecular flexibility index (Phi) is 3.12. The van der Waals surface area contributed by atoms with Crippen molar-refractivity contribution >= 4 is 23.7 Å². The van der Waals surface area contributed by atoms with E-state index in [4.69, 9.17) is 14.5 Å². The van der Waals surface area contributed by atoms with Crippen molar-refractivity contribution in [2.24, 2.45) is 22.7 Å². The quantitative estimate of drug-likeness (QED) is 0.594. The Morgan fingerprint density at radius 2 is 2.21 bits per heavy atom. The summed E-state index contributed by atoms with van der Waals surface area (Å²) in [5.41, 5.74) is 2.86. The summed E-state index contributed by atoms with van der Waals surface area (Å²) in [4.78, 5) is 31.7. The fourth-order valence-corrected chi connectivity index (χ4v) is 7.43. The molecule has 6 heteroatoms. The highest BCUT2D eigenvalue weighted by molar-refractivity contribution is 6.08. The molecule has 0 N–H and O–H groups in total. The van der Waals surface area contributed by atoms with E-state index >= 15 is 0 Å². The van der Waals surface area contributed by atoms with Gasteiger partial charge in [-0.2, -0.15) is 0 Å². The van der Waals surface area contributed by atoms with Gasteiger partial charge in [0.15, 0.2) is 0 Å². The molecule has 7 rings (SSSR count). The summed E-state index contributed by atoms with van der Waals surface area (Å²) in [6, 6.07) is 6.80. The number of fused-ring (bicyclic) bond motifs is 2. The van der Waals surface area contributed by atoms with Crippen LogP contribution >= 0.6 is 0 Å². The summed E-state index contributed by atoms with van der Waals surface area (Å²) < 4.78 is 11.6. The van der Waals surface area contributed by atoms with E-state index in [0.29, 0.717) is 6.04 Å². The number of hydrogen-bond acceptors (Lipinski definition) is 6. The summed E-state index contributed by atoms with van der Waals surface area (Å²) in [7, 11) is 1.67. The first kappa shape index (κ1) is 16.7. The third-order valence-corrected chi connectivity index (χ3v) is 8.21. The van der Waals surface area contributed by atoms with Crippen LogP contribution in [0.25, 0.3) is 0 Å². The van der Waals surface area contributed by atoms with Crippen molar-refractivity contribution in [3.05, 3.63) is 23.8 Å². The highest BCUT2D eigenvalue weighted by Crippen LogP contribution is 2.67. The van der Waals surface area contributed by atoms with Crippen molar-refractivity contribution in [2.45, 2.75) is 56.3 Å². The fourth-order valence-electron chi connectivity index (χ4n) is 7.43. The number of hydrogen-bond donors (Lipinski definition) is 0. The molecule has 5 fully saturated rings. The largest absolute Gasteiger partial charge is 0.497 e. The van der Waals surface area contributed by atoms with Gasteiger partial charge in [-0.25, -0.2) is 0 Å². The molecule has 0 aromatic heterocycles. The first-order valence-corrected chi connectivity index (χ1v) is 10.2. The SMILES string of the molecule is COc1ccc2c(c1)C13CC4C(C5CC(C1=N2)N4C(C)C5C=O)C3OC(C)=O. The normalized spacial score (nSPS) is 46.0.